The van der Waals surface area contributed by atoms with Crippen LogP contribution in [-0.4, -0.2) is 64.7 Å². The van der Waals surface area contributed by atoms with E-state index in [9.17, 15) is 32.3 Å². The van der Waals surface area contributed by atoms with E-state index < -0.39 is 29.4 Å². The minimum atomic E-state index is -5.08. The van der Waals surface area contributed by atoms with Gasteiger partial charge in [-0.25, -0.2) is 4.39 Å². The molecule has 0 saturated carbocycles. The summed E-state index contributed by atoms with van der Waals surface area (Å²) >= 11 is 0. The monoisotopic (exact) mass is 404 g/mol. The minimum Gasteiger partial charge on any atom is -0.373 e. The third-order valence-electron chi connectivity index (χ3n) is 5.29. The number of carbonyl (C=O) groups excluding carboxylic acids is 2. The van der Waals surface area contributed by atoms with Crippen molar-refractivity contribution in [1.82, 2.24) is 9.80 Å². The molecule has 0 radical (unpaired) electrons. The zero-order valence-corrected chi connectivity index (χ0v) is 16.2. The predicted molar refractivity (Wildman–Crippen MR) is 94.1 cm³/mol. The summed E-state index contributed by atoms with van der Waals surface area (Å²) in [6.07, 6.45) is -4.86. The molecule has 0 spiro atoms. The van der Waals surface area contributed by atoms with Gasteiger partial charge in [0, 0.05) is 26.2 Å². The lowest BCUT2D eigenvalue weighted by atomic mass is 9.90. The standard InChI is InChI=1S/C19H24F4N2O3/c1-11-5-6-13(14(20)9-11)16(26)24(4)15-7-8-25(10-12(15)2)17(27)18(3,28)19(21,22)23/h5-6,9,12,15,28H,7-8,10H2,1-4H3/t12?,15?,18-/m1/s1. The van der Waals surface area contributed by atoms with Gasteiger partial charge in [-0.15, -0.1) is 0 Å². The van der Waals surface area contributed by atoms with Crippen molar-refractivity contribution in [2.75, 3.05) is 20.1 Å². The SMILES string of the molecule is Cc1ccc(C(=O)N(C)C2CCN(C(=O)[C@@](C)(O)C(F)(F)F)CC2C)c(F)c1. The second kappa shape index (κ2) is 7.69. The van der Waals surface area contributed by atoms with Crippen LogP contribution in [0, 0.1) is 18.7 Å². The maximum Gasteiger partial charge on any atom is 0.426 e. The van der Waals surface area contributed by atoms with Crippen molar-refractivity contribution in [3.63, 3.8) is 0 Å². The summed E-state index contributed by atoms with van der Waals surface area (Å²) in [5.74, 6) is -2.94. The largest absolute Gasteiger partial charge is 0.426 e. The molecule has 0 bridgehead atoms. The summed E-state index contributed by atoms with van der Waals surface area (Å²) in [4.78, 5) is 27.1. The van der Waals surface area contributed by atoms with Gasteiger partial charge in [-0.2, -0.15) is 13.2 Å². The summed E-state index contributed by atoms with van der Waals surface area (Å²) in [6.45, 7) is 3.73. The van der Waals surface area contributed by atoms with Gasteiger partial charge in [-0.05, 0) is 43.9 Å². The highest BCUT2D eigenvalue weighted by Gasteiger charge is 2.57. The summed E-state index contributed by atoms with van der Waals surface area (Å²) in [5, 5.41) is 9.60. The summed E-state index contributed by atoms with van der Waals surface area (Å²) in [5.41, 5.74) is -2.88. The number of halogens is 4. The van der Waals surface area contributed by atoms with E-state index >= 15 is 0 Å². The molecule has 1 aromatic rings. The summed E-state index contributed by atoms with van der Waals surface area (Å²) in [6, 6.07) is 3.89. The van der Waals surface area contributed by atoms with E-state index in [1.807, 2.05) is 0 Å². The molecule has 9 heteroatoms. The maximum absolute atomic E-state index is 14.1. The molecule has 5 nitrogen and oxygen atoms in total. The fourth-order valence-corrected chi connectivity index (χ4v) is 3.46. The average Bonchev–Trinajstić information content (AvgIpc) is 2.58. The Balaban J connectivity index is 2.11. The first kappa shape index (κ1) is 22.1. The molecular weight excluding hydrogens is 380 g/mol. The molecule has 3 atom stereocenters. The van der Waals surface area contributed by atoms with E-state index in [2.05, 4.69) is 0 Å². The van der Waals surface area contributed by atoms with Crippen LogP contribution in [0.4, 0.5) is 17.6 Å². The van der Waals surface area contributed by atoms with Crippen molar-refractivity contribution in [2.45, 2.75) is 45.0 Å². The maximum atomic E-state index is 14.1. The number of carbonyl (C=O) groups is 2. The fourth-order valence-electron chi connectivity index (χ4n) is 3.46. The molecule has 28 heavy (non-hydrogen) atoms. The predicted octanol–water partition coefficient (Wildman–Crippen LogP) is 2.76. The topological polar surface area (TPSA) is 60.9 Å². The third-order valence-corrected chi connectivity index (χ3v) is 5.29. The van der Waals surface area contributed by atoms with E-state index in [1.54, 1.807) is 19.9 Å². The molecule has 2 unspecified atom stereocenters. The fraction of sp³-hybridized carbons (Fsp3) is 0.579. The lowest BCUT2D eigenvalue weighted by Gasteiger charge is -2.43. The second-order valence-corrected chi connectivity index (χ2v) is 7.55. The lowest BCUT2D eigenvalue weighted by Crippen LogP contribution is -2.60. The number of piperidine rings is 1. The molecule has 0 aromatic heterocycles. The van der Waals surface area contributed by atoms with E-state index in [0.29, 0.717) is 12.5 Å². The first-order valence-electron chi connectivity index (χ1n) is 8.89. The number of aryl methyl sites for hydroxylation is 1. The van der Waals surface area contributed by atoms with Gasteiger partial charge >= 0.3 is 6.18 Å². The smallest absolute Gasteiger partial charge is 0.373 e. The Morgan fingerprint density at radius 3 is 2.39 bits per heavy atom. The van der Waals surface area contributed by atoms with Crippen molar-refractivity contribution in [1.29, 1.82) is 0 Å². The first-order chi connectivity index (χ1) is 12.8. The Bertz CT molecular complexity index is 764. The zero-order valence-electron chi connectivity index (χ0n) is 16.2. The van der Waals surface area contributed by atoms with E-state index in [1.165, 1.54) is 24.1 Å². The lowest BCUT2D eigenvalue weighted by molar-refractivity contribution is -0.251. The van der Waals surface area contributed by atoms with Crippen molar-refractivity contribution >= 4 is 11.8 Å². The molecule has 156 valence electrons. The number of hydrogen-bond donors (Lipinski definition) is 1. The van der Waals surface area contributed by atoms with Crippen molar-refractivity contribution in [3.05, 3.63) is 35.1 Å². The van der Waals surface area contributed by atoms with Gasteiger partial charge in [0.05, 0.1) is 5.56 Å². The number of benzene rings is 1. The Morgan fingerprint density at radius 1 is 1.29 bits per heavy atom. The van der Waals surface area contributed by atoms with Crippen LogP contribution in [0.5, 0.6) is 0 Å². The Labute approximate surface area is 160 Å². The number of likely N-dealkylation sites (tertiary alicyclic amines) is 1. The molecule has 2 amide bonds. The molecule has 1 aromatic carbocycles. The van der Waals surface area contributed by atoms with Crippen molar-refractivity contribution < 1.29 is 32.3 Å². The molecule has 1 aliphatic heterocycles. The van der Waals surface area contributed by atoms with Crippen LogP contribution >= 0.6 is 0 Å². The van der Waals surface area contributed by atoms with Gasteiger partial charge in [0.1, 0.15) is 5.82 Å². The third kappa shape index (κ3) is 4.14. The van der Waals surface area contributed by atoms with Crippen molar-refractivity contribution in [2.24, 2.45) is 5.92 Å². The van der Waals surface area contributed by atoms with Gasteiger partial charge in [-0.3, -0.25) is 9.59 Å². The van der Waals surface area contributed by atoms with Crippen LogP contribution in [0.15, 0.2) is 18.2 Å². The number of aliphatic hydroxyl groups is 1. The Morgan fingerprint density at radius 2 is 1.89 bits per heavy atom. The highest BCUT2D eigenvalue weighted by molar-refractivity contribution is 5.94. The number of nitrogens with zero attached hydrogens (tertiary/aromatic N) is 2. The molecule has 2 rings (SSSR count). The summed E-state index contributed by atoms with van der Waals surface area (Å²) < 4.78 is 52.8. The Hall–Kier alpha value is -2.16. The van der Waals surface area contributed by atoms with E-state index in [4.69, 9.17) is 0 Å². The van der Waals surface area contributed by atoms with Crippen molar-refractivity contribution in [3.8, 4) is 0 Å². The van der Waals surface area contributed by atoms with Gasteiger partial charge < -0.3 is 14.9 Å². The molecule has 1 saturated heterocycles. The highest BCUT2D eigenvalue weighted by atomic mass is 19.4. The van der Waals surface area contributed by atoms with Gasteiger partial charge in [0.2, 0.25) is 5.60 Å². The molecule has 1 aliphatic rings. The van der Waals surface area contributed by atoms with Crippen LogP contribution < -0.4 is 0 Å². The van der Waals surface area contributed by atoms with Crippen LogP contribution in [0.1, 0.15) is 36.2 Å². The van der Waals surface area contributed by atoms with E-state index in [0.717, 1.165) is 4.90 Å². The van der Waals surface area contributed by atoms with Gasteiger partial charge in [0.25, 0.3) is 11.8 Å². The Kier molecular flexibility index (Phi) is 6.08. The molecule has 0 aliphatic carbocycles. The number of rotatable bonds is 3. The summed E-state index contributed by atoms with van der Waals surface area (Å²) in [7, 11) is 1.51. The van der Waals surface area contributed by atoms with Crippen LogP contribution in [0.25, 0.3) is 0 Å². The van der Waals surface area contributed by atoms with Gasteiger partial charge in [0.15, 0.2) is 0 Å². The van der Waals surface area contributed by atoms with E-state index in [-0.39, 0.29) is 37.0 Å². The number of hydrogen-bond acceptors (Lipinski definition) is 3. The average molecular weight is 404 g/mol. The second-order valence-electron chi connectivity index (χ2n) is 7.55. The van der Waals surface area contributed by atoms with Crippen LogP contribution in [0.2, 0.25) is 0 Å². The zero-order chi connectivity index (χ0) is 21.4. The normalized spacial score (nSPS) is 22.5. The number of amides is 2. The molecule has 1 N–H and O–H groups in total. The van der Waals surface area contributed by atoms with Gasteiger partial charge in [-0.1, -0.05) is 13.0 Å². The molecule has 1 fully saturated rings. The quantitative estimate of drug-likeness (QED) is 0.789. The highest BCUT2D eigenvalue weighted by Crippen LogP contribution is 2.33. The van der Waals surface area contributed by atoms with Crippen LogP contribution in [-0.2, 0) is 4.79 Å². The number of alkyl halides is 3. The first-order valence-corrected chi connectivity index (χ1v) is 8.89. The molecular formula is C19H24F4N2O3. The minimum absolute atomic E-state index is 0.0475. The molecule has 1 heterocycles. The van der Waals surface area contributed by atoms with Crippen LogP contribution in [0.3, 0.4) is 0 Å².